The minimum absolute atomic E-state index is 0.0536. The lowest BCUT2D eigenvalue weighted by atomic mass is 10.2. The molecule has 1 aromatic heterocycles. The van der Waals surface area contributed by atoms with E-state index in [2.05, 4.69) is 4.98 Å². The molecular formula is C14H14N2O4S. The average Bonchev–Trinajstić information content (AvgIpc) is 2.94. The Morgan fingerprint density at radius 3 is 2.71 bits per heavy atom. The van der Waals surface area contributed by atoms with E-state index < -0.39 is 4.92 Å². The number of hydrogen-bond acceptors (Lipinski definition) is 6. The van der Waals surface area contributed by atoms with Crippen molar-refractivity contribution in [2.75, 3.05) is 6.61 Å². The van der Waals surface area contributed by atoms with Crippen LogP contribution in [0.15, 0.2) is 29.6 Å². The number of aromatic nitrogens is 1. The standard InChI is InChI=1S/C14H14N2O4S/c1-2-20-13(17)8-5-11-9-21-14(15-11)10-3-6-12(7-4-10)16(18)19/h3-4,6-7,9H,2,5,8H2,1H3. The van der Waals surface area contributed by atoms with Crippen molar-refractivity contribution >= 4 is 23.0 Å². The number of non-ortho nitro benzene ring substituents is 1. The quantitative estimate of drug-likeness (QED) is 0.465. The smallest absolute Gasteiger partial charge is 0.306 e. The molecule has 0 aliphatic carbocycles. The van der Waals surface area contributed by atoms with Gasteiger partial charge in [0, 0.05) is 29.5 Å². The zero-order valence-corrected chi connectivity index (χ0v) is 12.3. The molecule has 0 unspecified atom stereocenters. The highest BCUT2D eigenvalue weighted by molar-refractivity contribution is 7.13. The number of nitro groups is 1. The van der Waals surface area contributed by atoms with E-state index in [0.29, 0.717) is 19.4 Å². The monoisotopic (exact) mass is 306 g/mol. The Balaban J connectivity index is 2.02. The summed E-state index contributed by atoms with van der Waals surface area (Å²) >= 11 is 1.45. The first-order valence-electron chi connectivity index (χ1n) is 6.45. The number of ether oxygens (including phenoxy) is 1. The fourth-order valence-electron chi connectivity index (χ4n) is 1.74. The second kappa shape index (κ2) is 6.94. The Hall–Kier alpha value is -2.28. The molecule has 21 heavy (non-hydrogen) atoms. The third-order valence-corrected chi connectivity index (χ3v) is 3.71. The van der Waals surface area contributed by atoms with E-state index in [9.17, 15) is 14.9 Å². The van der Waals surface area contributed by atoms with Crippen molar-refractivity contribution in [3.8, 4) is 10.6 Å². The third-order valence-electron chi connectivity index (χ3n) is 2.77. The molecule has 2 rings (SSSR count). The molecule has 0 saturated carbocycles. The van der Waals surface area contributed by atoms with E-state index >= 15 is 0 Å². The van der Waals surface area contributed by atoms with Crippen LogP contribution in [0.1, 0.15) is 19.0 Å². The lowest BCUT2D eigenvalue weighted by molar-refractivity contribution is -0.384. The van der Waals surface area contributed by atoms with Gasteiger partial charge in [-0.1, -0.05) is 0 Å². The zero-order valence-electron chi connectivity index (χ0n) is 11.4. The molecule has 2 aromatic rings. The van der Waals surface area contributed by atoms with E-state index in [1.807, 2.05) is 5.38 Å². The van der Waals surface area contributed by atoms with E-state index in [4.69, 9.17) is 4.74 Å². The maximum atomic E-state index is 11.3. The molecule has 0 atom stereocenters. The second-order valence-corrected chi connectivity index (χ2v) is 5.11. The van der Waals surface area contributed by atoms with Gasteiger partial charge >= 0.3 is 5.97 Å². The van der Waals surface area contributed by atoms with Gasteiger partial charge < -0.3 is 4.74 Å². The van der Waals surface area contributed by atoms with Gasteiger partial charge in [0.25, 0.3) is 5.69 Å². The molecule has 0 aliphatic heterocycles. The van der Waals surface area contributed by atoms with E-state index in [1.165, 1.54) is 23.5 Å². The van der Waals surface area contributed by atoms with Gasteiger partial charge in [-0.25, -0.2) is 4.98 Å². The Labute approximate surface area is 125 Å². The highest BCUT2D eigenvalue weighted by Gasteiger charge is 2.10. The minimum atomic E-state index is -0.434. The molecule has 7 heteroatoms. The van der Waals surface area contributed by atoms with Gasteiger partial charge in [0.05, 0.1) is 23.6 Å². The lowest BCUT2D eigenvalue weighted by Gasteiger charge is -1.99. The van der Waals surface area contributed by atoms with Crippen LogP contribution in [0, 0.1) is 10.1 Å². The lowest BCUT2D eigenvalue weighted by Crippen LogP contribution is -2.05. The molecule has 0 radical (unpaired) electrons. The fraction of sp³-hybridized carbons (Fsp3) is 0.286. The highest BCUT2D eigenvalue weighted by Crippen LogP contribution is 2.26. The average molecular weight is 306 g/mol. The summed E-state index contributed by atoms with van der Waals surface area (Å²) < 4.78 is 4.86. The van der Waals surface area contributed by atoms with Gasteiger partial charge in [-0.15, -0.1) is 11.3 Å². The molecule has 0 N–H and O–H groups in total. The number of aryl methyl sites for hydroxylation is 1. The maximum Gasteiger partial charge on any atom is 0.306 e. The van der Waals surface area contributed by atoms with Gasteiger partial charge in [0.2, 0.25) is 0 Å². The molecule has 0 spiro atoms. The Morgan fingerprint density at radius 2 is 2.10 bits per heavy atom. The predicted molar refractivity (Wildman–Crippen MR) is 79.2 cm³/mol. The van der Waals surface area contributed by atoms with E-state index in [-0.39, 0.29) is 11.7 Å². The predicted octanol–water partition coefficient (Wildman–Crippen LogP) is 3.21. The minimum Gasteiger partial charge on any atom is -0.466 e. The number of nitro benzene ring substituents is 1. The van der Waals surface area contributed by atoms with Crippen LogP contribution < -0.4 is 0 Å². The highest BCUT2D eigenvalue weighted by atomic mass is 32.1. The van der Waals surface area contributed by atoms with E-state index in [1.54, 1.807) is 19.1 Å². The van der Waals surface area contributed by atoms with Crippen LogP contribution in [0.25, 0.3) is 10.6 Å². The molecule has 1 aromatic carbocycles. The Kier molecular flexibility index (Phi) is 4.99. The number of esters is 1. The van der Waals surface area contributed by atoms with Gasteiger partial charge in [-0.05, 0) is 19.1 Å². The Bertz CT molecular complexity index is 637. The summed E-state index contributed by atoms with van der Waals surface area (Å²) in [6.45, 7) is 2.15. The van der Waals surface area contributed by atoms with Crippen LogP contribution in [-0.4, -0.2) is 22.5 Å². The molecule has 0 aliphatic rings. The SMILES string of the molecule is CCOC(=O)CCc1csc(-c2ccc([N+](=O)[O-])cc2)n1. The van der Waals surface area contributed by atoms with Crippen molar-refractivity contribution in [1.82, 2.24) is 4.98 Å². The third kappa shape index (κ3) is 4.09. The molecule has 110 valence electrons. The number of benzene rings is 1. The summed E-state index contributed by atoms with van der Waals surface area (Å²) in [6.07, 6.45) is 0.833. The Morgan fingerprint density at radius 1 is 1.38 bits per heavy atom. The van der Waals surface area contributed by atoms with Crippen molar-refractivity contribution in [2.45, 2.75) is 19.8 Å². The number of carbonyl (C=O) groups excluding carboxylic acids is 1. The first-order valence-corrected chi connectivity index (χ1v) is 7.33. The number of rotatable bonds is 6. The van der Waals surface area contributed by atoms with E-state index in [0.717, 1.165) is 16.3 Å². The maximum absolute atomic E-state index is 11.3. The molecule has 0 fully saturated rings. The number of thiazole rings is 1. The molecule has 1 heterocycles. The fourth-order valence-corrected chi connectivity index (χ4v) is 2.60. The summed E-state index contributed by atoms with van der Waals surface area (Å²) in [4.78, 5) is 25.9. The van der Waals surface area contributed by atoms with Gasteiger partial charge in [0.15, 0.2) is 0 Å². The van der Waals surface area contributed by atoms with Gasteiger partial charge in [-0.2, -0.15) is 0 Å². The summed E-state index contributed by atoms with van der Waals surface area (Å²) in [5.41, 5.74) is 1.70. The summed E-state index contributed by atoms with van der Waals surface area (Å²) in [5, 5.41) is 13.3. The topological polar surface area (TPSA) is 82.3 Å². The number of nitrogens with zero attached hydrogens (tertiary/aromatic N) is 2. The molecular weight excluding hydrogens is 292 g/mol. The van der Waals surface area contributed by atoms with Crippen LogP contribution in [0.2, 0.25) is 0 Å². The second-order valence-electron chi connectivity index (χ2n) is 4.25. The van der Waals surface area contributed by atoms with Gasteiger partial charge in [0.1, 0.15) is 5.01 Å². The van der Waals surface area contributed by atoms with Crippen LogP contribution in [0.4, 0.5) is 5.69 Å². The molecule has 6 nitrogen and oxygen atoms in total. The van der Waals surface area contributed by atoms with Crippen molar-refractivity contribution in [2.24, 2.45) is 0 Å². The van der Waals surface area contributed by atoms with Crippen LogP contribution >= 0.6 is 11.3 Å². The first kappa shape index (κ1) is 15.1. The zero-order chi connectivity index (χ0) is 15.2. The number of hydrogen-bond donors (Lipinski definition) is 0. The normalized spacial score (nSPS) is 10.3. The van der Waals surface area contributed by atoms with Crippen molar-refractivity contribution < 1.29 is 14.5 Å². The largest absolute Gasteiger partial charge is 0.466 e. The van der Waals surface area contributed by atoms with Crippen LogP contribution in [0.5, 0.6) is 0 Å². The van der Waals surface area contributed by atoms with Crippen LogP contribution in [0.3, 0.4) is 0 Å². The molecule has 0 saturated heterocycles. The first-order chi connectivity index (χ1) is 10.1. The van der Waals surface area contributed by atoms with Crippen LogP contribution in [-0.2, 0) is 16.0 Å². The summed E-state index contributed by atoms with van der Waals surface area (Å²) in [6, 6.07) is 6.25. The summed E-state index contributed by atoms with van der Waals surface area (Å²) in [5.74, 6) is -0.234. The molecule has 0 bridgehead atoms. The van der Waals surface area contributed by atoms with Crippen molar-refractivity contribution in [3.63, 3.8) is 0 Å². The van der Waals surface area contributed by atoms with Gasteiger partial charge in [-0.3, -0.25) is 14.9 Å². The summed E-state index contributed by atoms with van der Waals surface area (Å²) in [7, 11) is 0. The van der Waals surface area contributed by atoms with Crippen molar-refractivity contribution in [1.29, 1.82) is 0 Å². The number of carbonyl (C=O) groups is 1. The molecule has 0 amide bonds. The van der Waals surface area contributed by atoms with Crippen molar-refractivity contribution in [3.05, 3.63) is 45.5 Å².